The van der Waals surface area contributed by atoms with Gasteiger partial charge in [0.1, 0.15) is 0 Å². The Bertz CT molecular complexity index is 496. The molecule has 0 amide bonds. The van der Waals surface area contributed by atoms with Gasteiger partial charge in [-0.1, -0.05) is 62.6 Å². The Hall–Kier alpha value is -1.76. The number of rotatable bonds is 7. The van der Waals surface area contributed by atoms with Crippen molar-refractivity contribution in [1.29, 1.82) is 0 Å². The molecule has 2 rings (SSSR count). The van der Waals surface area contributed by atoms with Crippen molar-refractivity contribution in [2.45, 2.75) is 45.4 Å². The first kappa shape index (κ1) is 14.6. The monoisotopic (exact) mass is 267 g/mol. The van der Waals surface area contributed by atoms with Crippen molar-refractivity contribution >= 4 is 5.69 Å². The molecule has 0 atom stereocenters. The minimum Gasteiger partial charge on any atom is -0.399 e. The smallest absolute Gasteiger partial charge is 0.0314 e. The lowest BCUT2D eigenvalue weighted by Crippen LogP contribution is -1.91. The maximum atomic E-state index is 5.71. The van der Waals surface area contributed by atoms with E-state index in [0.29, 0.717) is 0 Å². The summed E-state index contributed by atoms with van der Waals surface area (Å²) in [5, 5.41) is 0. The summed E-state index contributed by atoms with van der Waals surface area (Å²) in [5.74, 6) is 0. The molecule has 0 bridgehead atoms. The SMILES string of the molecule is CCCCCCc1ccc(Cc2ccc(N)cc2)cc1. The van der Waals surface area contributed by atoms with Crippen molar-refractivity contribution in [2.24, 2.45) is 0 Å². The van der Waals surface area contributed by atoms with Crippen LogP contribution in [-0.4, -0.2) is 0 Å². The van der Waals surface area contributed by atoms with Crippen LogP contribution in [-0.2, 0) is 12.8 Å². The van der Waals surface area contributed by atoms with Gasteiger partial charge >= 0.3 is 0 Å². The third-order valence-corrected chi connectivity index (χ3v) is 3.73. The zero-order valence-electron chi connectivity index (χ0n) is 12.4. The van der Waals surface area contributed by atoms with Gasteiger partial charge in [-0.05, 0) is 48.1 Å². The third-order valence-electron chi connectivity index (χ3n) is 3.73. The number of nitrogen functional groups attached to an aromatic ring is 1. The summed E-state index contributed by atoms with van der Waals surface area (Å²) in [7, 11) is 0. The van der Waals surface area contributed by atoms with Crippen LogP contribution in [0.1, 0.15) is 49.3 Å². The summed E-state index contributed by atoms with van der Waals surface area (Å²) in [4.78, 5) is 0. The van der Waals surface area contributed by atoms with E-state index in [1.807, 2.05) is 12.1 Å². The molecule has 0 radical (unpaired) electrons. The molecule has 0 aliphatic heterocycles. The van der Waals surface area contributed by atoms with Gasteiger partial charge in [0.05, 0.1) is 0 Å². The summed E-state index contributed by atoms with van der Waals surface area (Å²) >= 11 is 0. The number of nitrogens with two attached hydrogens (primary N) is 1. The molecule has 0 saturated carbocycles. The summed E-state index contributed by atoms with van der Waals surface area (Å²) in [6.45, 7) is 2.26. The van der Waals surface area contributed by atoms with Gasteiger partial charge < -0.3 is 5.73 Å². The molecule has 0 unspecified atom stereocenters. The molecule has 0 spiro atoms. The molecule has 0 aliphatic carbocycles. The molecule has 2 aromatic rings. The predicted octanol–water partition coefficient (Wildman–Crippen LogP) is 4.98. The van der Waals surface area contributed by atoms with Gasteiger partial charge in [0.25, 0.3) is 0 Å². The molecular weight excluding hydrogens is 242 g/mol. The second-order valence-electron chi connectivity index (χ2n) is 5.55. The average molecular weight is 267 g/mol. The van der Waals surface area contributed by atoms with E-state index in [0.717, 1.165) is 12.1 Å². The van der Waals surface area contributed by atoms with Crippen LogP contribution in [0.2, 0.25) is 0 Å². The highest BCUT2D eigenvalue weighted by Gasteiger charge is 1.98. The molecule has 0 aromatic heterocycles. The normalized spacial score (nSPS) is 10.7. The summed E-state index contributed by atoms with van der Waals surface area (Å²) in [6, 6.07) is 17.2. The first-order valence-electron chi connectivity index (χ1n) is 7.70. The maximum absolute atomic E-state index is 5.71. The van der Waals surface area contributed by atoms with E-state index >= 15 is 0 Å². The lowest BCUT2D eigenvalue weighted by molar-refractivity contribution is 0.667. The first-order valence-corrected chi connectivity index (χ1v) is 7.70. The first-order chi connectivity index (χ1) is 9.78. The highest BCUT2D eigenvalue weighted by atomic mass is 14.5. The van der Waals surface area contributed by atoms with Crippen molar-refractivity contribution in [1.82, 2.24) is 0 Å². The zero-order valence-corrected chi connectivity index (χ0v) is 12.4. The minimum atomic E-state index is 0.830. The standard InChI is InChI=1S/C19H25N/c1-2-3-4-5-6-16-7-9-17(10-8-16)15-18-11-13-19(20)14-12-18/h7-14H,2-6,15,20H2,1H3. The number of hydrogen-bond acceptors (Lipinski definition) is 1. The van der Waals surface area contributed by atoms with Crippen LogP contribution in [0.3, 0.4) is 0 Å². The summed E-state index contributed by atoms with van der Waals surface area (Å²) < 4.78 is 0. The predicted molar refractivity (Wildman–Crippen MR) is 87.9 cm³/mol. The van der Waals surface area contributed by atoms with E-state index < -0.39 is 0 Å². The van der Waals surface area contributed by atoms with E-state index in [-0.39, 0.29) is 0 Å². The maximum Gasteiger partial charge on any atom is 0.0314 e. The van der Waals surface area contributed by atoms with Crippen molar-refractivity contribution in [3.8, 4) is 0 Å². The summed E-state index contributed by atoms with van der Waals surface area (Å²) in [6.07, 6.45) is 7.52. The Morgan fingerprint density at radius 2 is 1.25 bits per heavy atom. The van der Waals surface area contributed by atoms with Gasteiger partial charge in [0.2, 0.25) is 0 Å². The van der Waals surface area contributed by atoms with E-state index in [9.17, 15) is 0 Å². The van der Waals surface area contributed by atoms with Crippen molar-refractivity contribution in [3.05, 3.63) is 65.2 Å². The van der Waals surface area contributed by atoms with Gasteiger partial charge in [0, 0.05) is 5.69 Å². The van der Waals surface area contributed by atoms with Gasteiger partial charge in [0.15, 0.2) is 0 Å². The van der Waals surface area contributed by atoms with Crippen LogP contribution in [0, 0.1) is 0 Å². The molecule has 0 heterocycles. The second-order valence-corrected chi connectivity index (χ2v) is 5.55. The number of aryl methyl sites for hydroxylation is 1. The molecule has 1 heteroatoms. The average Bonchev–Trinajstić information content (AvgIpc) is 2.48. The highest BCUT2D eigenvalue weighted by molar-refractivity contribution is 5.40. The zero-order chi connectivity index (χ0) is 14.2. The molecule has 0 saturated heterocycles. The van der Waals surface area contributed by atoms with Crippen LogP contribution in [0.4, 0.5) is 5.69 Å². The highest BCUT2D eigenvalue weighted by Crippen LogP contribution is 2.14. The van der Waals surface area contributed by atoms with Crippen LogP contribution in [0.5, 0.6) is 0 Å². The molecular formula is C19H25N. The fraction of sp³-hybridized carbons (Fsp3) is 0.368. The molecule has 2 N–H and O–H groups in total. The van der Waals surface area contributed by atoms with Crippen molar-refractivity contribution < 1.29 is 0 Å². The minimum absolute atomic E-state index is 0.830. The molecule has 106 valence electrons. The van der Waals surface area contributed by atoms with E-state index in [4.69, 9.17) is 5.73 Å². The Morgan fingerprint density at radius 1 is 0.700 bits per heavy atom. The Morgan fingerprint density at radius 3 is 1.85 bits per heavy atom. The lowest BCUT2D eigenvalue weighted by atomic mass is 10.0. The molecule has 20 heavy (non-hydrogen) atoms. The number of anilines is 1. The fourth-order valence-corrected chi connectivity index (χ4v) is 2.45. The Labute approximate surface area is 122 Å². The van der Waals surface area contributed by atoms with Crippen molar-refractivity contribution in [2.75, 3.05) is 5.73 Å². The van der Waals surface area contributed by atoms with Crippen LogP contribution in [0.15, 0.2) is 48.5 Å². The van der Waals surface area contributed by atoms with Crippen LogP contribution < -0.4 is 5.73 Å². The van der Waals surface area contributed by atoms with Crippen LogP contribution in [0.25, 0.3) is 0 Å². The third kappa shape index (κ3) is 4.73. The van der Waals surface area contributed by atoms with E-state index in [1.54, 1.807) is 0 Å². The fourth-order valence-electron chi connectivity index (χ4n) is 2.45. The van der Waals surface area contributed by atoms with Crippen LogP contribution >= 0.6 is 0 Å². The lowest BCUT2D eigenvalue weighted by Gasteiger charge is -2.05. The van der Waals surface area contributed by atoms with E-state index in [1.165, 1.54) is 48.8 Å². The topological polar surface area (TPSA) is 26.0 Å². The molecule has 0 fully saturated rings. The number of unbranched alkanes of at least 4 members (excludes halogenated alkanes) is 3. The van der Waals surface area contributed by atoms with E-state index in [2.05, 4.69) is 43.3 Å². The Kier molecular flexibility index (Phi) is 5.67. The second kappa shape index (κ2) is 7.74. The quantitative estimate of drug-likeness (QED) is 0.555. The number of benzene rings is 2. The van der Waals surface area contributed by atoms with Gasteiger partial charge in [-0.15, -0.1) is 0 Å². The molecule has 1 nitrogen and oxygen atoms in total. The molecule has 2 aromatic carbocycles. The largest absolute Gasteiger partial charge is 0.399 e. The number of hydrogen-bond donors (Lipinski definition) is 1. The van der Waals surface area contributed by atoms with Gasteiger partial charge in [-0.25, -0.2) is 0 Å². The van der Waals surface area contributed by atoms with Crippen molar-refractivity contribution in [3.63, 3.8) is 0 Å². The Balaban J connectivity index is 1.86. The molecule has 0 aliphatic rings. The van der Waals surface area contributed by atoms with Gasteiger partial charge in [-0.3, -0.25) is 0 Å². The summed E-state index contributed by atoms with van der Waals surface area (Å²) in [5.41, 5.74) is 10.7. The van der Waals surface area contributed by atoms with Gasteiger partial charge in [-0.2, -0.15) is 0 Å².